The minimum absolute atomic E-state index is 0.0833. The average Bonchev–Trinajstić information content (AvgIpc) is 3.09. The summed E-state index contributed by atoms with van der Waals surface area (Å²) in [7, 11) is 0. The van der Waals surface area contributed by atoms with E-state index in [0.717, 1.165) is 11.3 Å². The maximum Gasteiger partial charge on any atom is 0.230 e. The molecule has 5 nitrogen and oxygen atoms in total. The Morgan fingerprint density at radius 3 is 2.68 bits per heavy atom. The van der Waals surface area contributed by atoms with Crippen molar-refractivity contribution >= 4 is 29.3 Å². The van der Waals surface area contributed by atoms with Crippen molar-refractivity contribution in [1.29, 1.82) is 0 Å². The van der Waals surface area contributed by atoms with Crippen LogP contribution in [-0.2, 0) is 4.79 Å². The van der Waals surface area contributed by atoms with Crippen molar-refractivity contribution in [1.82, 2.24) is 20.1 Å². The lowest BCUT2D eigenvalue weighted by Crippen LogP contribution is -2.28. The second kappa shape index (κ2) is 8.18. The van der Waals surface area contributed by atoms with Gasteiger partial charge in [0.2, 0.25) is 5.91 Å². The van der Waals surface area contributed by atoms with Crippen molar-refractivity contribution in [3.63, 3.8) is 0 Å². The molecule has 3 aromatic rings. The second-order valence-corrected chi connectivity index (χ2v) is 6.77. The molecule has 1 N–H and O–H groups in total. The summed E-state index contributed by atoms with van der Waals surface area (Å²) in [6.07, 6.45) is 1.64. The topological polar surface area (TPSA) is 59.8 Å². The van der Waals surface area contributed by atoms with Gasteiger partial charge in [0, 0.05) is 10.7 Å². The second-order valence-electron chi connectivity index (χ2n) is 5.42. The molecule has 7 heteroatoms. The number of carbonyl (C=O) groups excluding carboxylic acids is 1. The van der Waals surface area contributed by atoms with Crippen molar-refractivity contribution in [2.75, 3.05) is 5.75 Å². The van der Waals surface area contributed by atoms with Crippen molar-refractivity contribution in [2.24, 2.45) is 0 Å². The Kier molecular flexibility index (Phi) is 5.73. The van der Waals surface area contributed by atoms with Crippen molar-refractivity contribution < 1.29 is 4.79 Å². The van der Waals surface area contributed by atoms with Crippen molar-refractivity contribution in [2.45, 2.75) is 18.1 Å². The summed E-state index contributed by atoms with van der Waals surface area (Å²) in [5, 5.41) is 12.3. The number of thioether (sulfide) groups is 1. The number of amides is 1. The highest BCUT2D eigenvalue weighted by atomic mass is 35.5. The fourth-order valence-corrected chi connectivity index (χ4v) is 3.45. The van der Waals surface area contributed by atoms with E-state index in [-0.39, 0.29) is 17.7 Å². The Labute approximate surface area is 155 Å². The molecule has 1 aromatic heterocycles. The number of para-hydroxylation sites is 1. The molecule has 1 heterocycles. The zero-order valence-corrected chi connectivity index (χ0v) is 15.2. The van der Waals surface area contributed by atoms with Gasteiger partial charge in [-0.05, 0) is 30.7 Å². The first kappa shape index (κ1) is 17.5. The van der Waals surface area contributed by atoms with Crippen LogP contribution >= 0.6 is 23.4 Å². The molecular formula is C18H17ClN4OS. The summed E-state index contributed by atoms with van der Waals surface area (Å²) < 4.78 is 1.86. The minimum atomic E-state index is -0.159. The molecule has 1 unspecified atom stereocenters. The lowest BCUT2D eigenvalue weighted by atomic mass is 10.1. The summed E-state index contributed by atoms with van der Waals surface area (Å²) in [6, 6.07) is 17.1. The summed E-state index contributed by atoms with van der Waals surface area (Å²) >= 11 is 7.51. The molecule has 0 fully saturated rings. The third-order valence-electron chi connectivity index (χ3n) is 3.63. The van der Waals surface area contributed by atoms with Gasteiger partial charge in [-0.25, -0.2) is 0 Å². The third kappa shape index (κ3) is 4.41. The number of halogens is 1. The molecule has 1 atom stereocenters. The highest BCUT2D eigenvalue weighted by Gasteiger charge is 2.14. The van der Waals surface area contributed by atoms with E-state index in [2.05, 4.69) is 15.5 Å². The van der Waals surface area contributed by atoms with Crippen LogP contribution in [-0.4, -0.2) is 26.4 Å². The molecule has 0 saturated carbocycles. The first-order valence-electron chi connectivity index (χ1n) is 7.77. The summed E-state index contributed by atoms with van der Waals surface area (Å²) in [5.41, 5.74) is 1.86. The van der Waals surface area contributed by atoms with Gasteiger partial charge in [0.25, 0.3) is 0 Å². The van der Waals surface area contributed by atoms with E-state index >= 15 is 0 Å². The van der Waals surface area contributed by atoms with Crippen molar-refractivity contribution in [3.8, 4) is 5.69 Å². The molecule has 0 radical (unpaired) electrons. The molecule has 0 saturated heterocycles. The van der Waals surface area contributed by atoms with Gasteiger partial charge in [0.1, 0.15) is 6.33 Å². The molecule has 128 valence electrons. The molecule has 0 aliphatic rings. The summed E-state index contributed by atoms with van der Waals surface area (Å²) in [5.74, 6) is 0.167. The summed E-state index contributed by atoms with van der Waals surface area (Å²) in [6.45, 7) is 1.91. The number of nitrogens with zero attached hydrogens (tertiary/aromatic N) is 3. The minimum Gasteiger partial charge on any atom is -0.349 e. The predicted molar refractivity (Wildman–Crippen MR) is 100 cm³/mol. The number of hydrogen-bond donors (Lipinski definition) is 1. The zero-order chi connectivity index (χ0) is 17.6. The maximum absolute atomic E-state index is 12.2. The SMILES string of the molecule is CC(NC(=O)CSc1nncn1-c1ccccc1)c1ccccc1Cl. The molecular weight excluding hydrogens is 356 g/mol. The molecule has 2 aromatic carbocycles. The van der Waals surface area contributed by atoms with Crippen LogP contribution in [0.25, 0.3) is 5.69 Å². The fraction of sp³-hybridized carbons (Fsp3) is 0.167. The van der Waals surface area contributed by atoms with E-state index in [4.69, 9.17) is 11.6 Å². The van der Waals surface area contributed by atoms with Crippen LogP contribution in [0.4, 0.5) is 0 Å². The van der Waals surface area contributed by atoms with E-state index in [1.807, 2.05) is 66.1 Å². The highest BCUT2D eigenvalue weighted by Crippen LogP contribution is 2.23. The Balaban J connectivity index is 1.60. The van der Waals surface area contributed by atoms with Crippen LogP contribution in [0.5, 0.6) is 0 Å². The molecule has 0 aliphatic carbocycles. The van der Waals surface area contributed by atoms with E-state index < -0.39 is 0 Å². The molecule has 0 spiro atoms. The molecule has 25 heavy (non-hydrogen) atoms. The van der Waals surface area contributed by atoms with E-state index in [1.165, 1.54) is 11.8 Å². The first-order valence-corrected chi connectivity index (χ1v) is 9.13. The van der Waals surface area contributed by atoms with Crippen LogP contribution in [0.1, 0.15) is 18.5 Å². The Bertz CT molecular complexity index is 853. The van der Waals surface area contributed by atoms with Gasteiger partial charge in [0.15, 0.2) is 5.16 Å². The van der Waals surface area contributed by atoms with E-state index in [1.54, 1.807) is 6.33 Å². The van der Waals surface area contributed by atoms with Gasteiger partial charge >= 0.3 is 0 Å². The summed E-state index contributed by atoms with van der Waals surface area (Å²) in [4.78, 5) is 12.2. The lowest BCUT2D eigenvalue weighted by Gasteiger charge is -2.15. The Morgan fingerprint density at radius 2 is 1.92 bits per heavy atom. The highest BCUT2D eigenvalue weighted by molar-refractivity contribution is 7.99. The number of rotatable bonds is 6. The molecule has 3 rings (SSSR count). The number of nitrogens with one attached hydrogen (secondary N) is 1. The molecule has 0 aliphatic heterocycles. The monoisotopic (exact) mass is 372 g/mol. The van der Waals surface area contributed by atoms with Gasteiger partial charge in [0.05, 0.1) is 11.8 Å². The first-order chi connectivity index (χ1) is 12.1. The van der Waals surface area contributed by atoms with Crippen LogP contribution in [0.3, 0.4) is 0 Å². The Morgan fingerprint density at radius 1 is 1.20 bits per heavy atom. The smallest absolute Gasteiger partial charge is 0.230 e. The molecule has 0 bridgehead atoms. The Hall–Kier alpha value is -2.31. The normalized spacial score (nSPS) is 11.9. The fourth-order valence-electron chi connectivity index (χ4n) is 2.41. The van der Waals surface area contributed by atoms with Gasteiger partial charge in [-0.2, -0.15) is 0 Å². The number of aromatic nitrogens is 3. The standard InChI is InChI=1S/C18H17ClN4OS/c1-13(15-9-5-6-10-16(15)19)21-17(24)11-25-18-22-20-12-23(18)14-7-3-2-4-8-14/h2-10,12-13H,11H2,1H3,(H,21,24). The molecule has 1 amide bonds. The number of benzene rings is 2. The number of hydrogen-bond acceptors (Lipinski definition) is 4. The van der Waals surface area contributed by atoms with Crippen molar-refractivity contribution in [3.05, 3.63) is 71.5 Å². The van der Waals surface area contributed by atoms with Crippen LogP contribution in [0.15, 0.2) is 66.1 Å². The van der Waals surface area contributed by atoms with Crippen LogP contribution < -0.4 is 5.32 Å². The third-order valence-corrected chi connectivity index (χ3v) is 4.92. The zero-order valence-electron chi connectivity index (χ0n) is 13.6. The van der Waals surface area contributed by atoms with E-state index in [0.29, 0.717) is 10.2 Å². The van der Waals surface area contributed by atoms with Gasteiger partial charge < -0.3 is 5.32 Å². The van der Waals surface area contributed by atoms with Gasteiger partial charge in [-0.1, -0.05) is 59.8 Å². The van der Waals surface area contributed by atoms with Crippen LogP contribution in [0.2, 0.25) is 5.02 Å². The lowest BCUT2D eigenvalue weighted by molar-refractivity contribution is -0.119. The largest absolute Gasteiger partial charge is 0.349 e. The van der Waals surface area contributed by atoms with E-state index in [9.17, 15) is 4.79 Å². The average molecular weight is 373 g/mol. The maximum atomic E-state index is 12.2. The van der Waals surface area contributed by atoms with Crippen LogP contribution in [0, 0.1) is 0 Å². The van der Waals surface area contributed by atoms with Gasteiger partial charge in [-0.3, -0.25) is 9.36 Å². The number of carbonyl (C=O) groups is 1. The quantitative estimate of drug-likeness (QED) is 0.667. The van der Waals surface area contributed by atoms with Gasteiger partial charge in [-0.15, -0.1) is 10.2 Å². The predicted octanol–water partition coefficient (Wildman–Crippen LogP) is 3.89.